The highest BCUT2D eigenvalue weighted by Crippen LogP contribution is 2.64. The van der Waals surface area contributed by atoms with E-state index in [9.17, 15) is 0 Å². The molecule has 0 aliphatic heterocycles. The Morgan fingerprint density at radius 3 is 1.70 bits per heavy atom. The summed E-state index contributed by atoms with van der Waals surface area (Å²) < 4.78 is 0. The zero-order valence-electron chi connectivity index (χ0n) is 29.0. The van der Waals surface area contributed by atoms with E-state index in [1.54, 1.807) is 0 Å². The van der Waals surface area contributed by atoms with Crippen LogP contribution in [0.15, 0.2) is 176 Å². The Bertz CT molecular complexity index is 2810. The minimum Gasteiger partial charge on any atom is -0.208 e. The number of aromatic nitrogens is 3. The van der Waals surface area contributed by atoms with Gasteiger partial charge in [-0.3, -0.25) is 0 Å². The number of rotatable bonds is 4. The first-order chi connectivity index (χ1) is 26.3. The number of benzene rings is 7. The summed E-state index contributed by atoms with van der Waals surface area (Å²) in [5.41, 5.74) is 15.3. The van der Waals surface area contributed by atoms with Crippen LogP contribution in [0.5, 0.6) is 0 Å². The predicted octanol–water partition coefficient (Wildman–Crippen LogP) is 12.1. The van der Waals surface area contributed by atoms with Gasteiger partial charge in [-0.2, -0.15) is 0 Å². The van der Waals surface area contributed by atoms with E-state index in [1.807, 2.05) is 0 Å². The summed E-state index contributed by atoms with van der Waals surface area (Å²) in [6, 6.07) is 57.3. The molecule has 248 valence electrons. The number of hydrogen-bond acceptors (Lipinski definition) is 3. The fourth-order valence-electron chi connectivity index (χ4n) is 9.14. The van der Waals surface area contributed by atoms with Gasteiger partial charge in [0.2, 0.25) is 0 Å². The molecule has 1 heterocycles. The molecule has 0 amide bonds. The molecule has 0 fully saturated rings. The van der Waals surface area contributed by atoms with Crippen molar-refractivity contribution in [2.45, 2.75) is 18.3 Å². The Labute approximate surface area is 308 Å². The first kappa shape index (κ1) is 30.0. The fourth-order valence-corrected chi connectivity index (χ4v) is 9.14. The highest BCUT2D eigenvalue weighted by atomic mass is 15.0. The third-order valence-electron chi connectivity index (χ3n) is 11.4. The number of fused-ring (bicyclic) bond motifs is 11. The van der Waals surface area contributed by atoms with E-state index in [4.69, 9.17) is 15.0 Å². The van der Waals surface area contributed by atoms with Gasteiger partial charge in [0.25, 0.3) is 0 Å². The van der Waals surface area contributed by atoms with Gasteiger partial charge < -0.3 is 0 Å². The molecular formula is C50H33N3. The molecule has 53 heavy (non-hydrogen) atoms. The molecule has 0 saturated carbocycles. The van der Waals surface area contributed by atoms with Crippen molar-refractivity contribution in [1.82, 2.24) is 15.0 Å². The van der Waals surface area contributed by atoms with Crippen LogP contribution >= 0.6 is 0 Å². The Morgan fingerprint density at radius 2 is 0.962 bits per heavy atom. The van der Waals surface area contributed by atoms with Crippen LogP contribution in [0.3, 0.4) is 0 Å². The van der Waals surface area contributed by atoms with Crippen molar-refractivity contribution in [2.75, 3.05) is 0 Å². The third kappa shape index (κ3) is 4.37. The average Bonchev–Trinajstić information content (AvgIpc) is 3.71. The van der Waals surface area contributed by atoms with E-state index in [0.29, 0.717) is 17.5 Å². The first-order valence-corrected chi connectivity index (χ1v) is 18.4. The van der Waals surface area contributed by atoms with Gasteiger partial charge in [-0.25, -0.2) is 15.0 Å². The van der Waals surface area contributed by atoms with Gasteiger partial charge >= 0.3 is 0 Å². The molecule has 0 atom stereocenters. The normalized spacial score (nSPS) is 14.5. The zero-order valence-corrected chi connectivity index (χ0v) is 29.0. The monoisotopic (exact) mass is 675 g/mol. The maximum Gasteiger partial charge on any atom is 0.164 e. The second-order valence-electron chi connectivity index (χ2n) is 14.2. The molecule has 3 heteroatoms. The summed E-state index contributed by atoms with van der Waals surface area (Å²) in [5, 5.41) is 2.35. The van der Waals surface area contributed by atoms with Gasteiger partial charge in [0, 0.05) is 16.7 Å². The van der Waals surface area contributed by atoms with Crippen LogP contribution in [-0.4, -0.2) is 15.0 Å². The van der Waals surface area contributed by atoms with E-state index < -0.39 is 5.41 Å². The number of nitrogens with zero attached hydrogens (tertiary/aromatic N) is 3. The van der Waals surface area contributed by atoms with Crippen LogP contribution in [0.4, 0.5) is 0 Å². The van der Waals surface area contributed by atoms with Crippen molar-refractivity contribution in [3.8, 4) is 56.2 Å². The van der Waals surface area contributed by atoms with Crippen molar-refractivity contribution < 1.29 is 0 Å². The van der Waals surface area contributed by atoms with Crippen LogP contribution in [-0.2, 0) is 5.41 Å². The summed E-state index contributed by atoms with van der Waals surface area (Å²) >= 11 is 0. The van der Waals surface area contributed by atoms with Crippen molar-refractivity contribution in [1.29, 1.82) is 0 Å². The summed E-state index contributed by atoms with van der Waals surface area (Å²) in [5.74, 6) is 2.04. The average molecular weight is 676 g/mol. The molecule has 0 radical (unpaired) electrons. The Kier molecular flexibility index (Phi) is 6.59. The van der Waals surface area contributed by atoms with E-state index in [-0.39, 0.29) is 0 Å². The molecule has 11 rings (SSSR count). The van der Waals surface area contributed by atoms with Crippen LogP contribution in [0, 0.1) is 0 Å². The number of allylic oxidation sites excluding steroid dienone is 4. The quantitative estimate of drug-likeness (QED) is 0.186. The molecular weight excluding hydrogens is 643 g/mol. The minimum absolute atomic E-state index is 0.409. The molecule has 1 aromatic heterocycles. The van der Waals surface area contributed by atoms with Crippen LogP contribution < -0.4 is 0 Å². The Balaban J connectivity index is 1.16. The zero-order chi connectivity index (χ0) is 34.9. The topological polar surface area (TPSA) is 38.7 Å². The fraction of sp³-hybridized carbons (Fsp3) is 0.0600. The van der Waals surface area contributed by atoms with E-state index >= 15 is 0 Å². The molecule has 3 aliphatic rings. The van der Waals surface area contributed by atoms with Crippen molar-refractivity contribution in [3.05, 3.63) is 204 Å². The minimum atomic E-state index is -0.409. The summed E-state index contributed by atoms with van der Waals surface area (Å²) in [6.07, 6.45) is 8.60. The number of hydrogen-bond donors (Lipinski definition) is 0. The van der Waals surface area contributed by atoms with E-state index in [1.165, 1.54) is 55.5 Å². The largest absolute Gasteiger partial charge is 0.208 e. The second-order valence-corrected chi connectivity index (χ2v) is 14.2. The molecule has 1 spiro atoms. The van der Waals surface area contributed by atoms with Gasteiger partial charge in [0.15, 0.2) is 17.5 Å². The van der Waals surface area contributed by atoms with Gasteiger partial charge in [-0.1, -0.05) is 170 Å². The molecule has 3 nitrogen and oxygen atoms in total. The molecule has 0 unspecified atom stereocenters. The van der Waals surface area contributed by atoms with Crippen LogP contribution in [0.2, 0.25) is 0 Å². The standard InChI is InChI=1S/C50H33N3/c1-2-16-33(17-3-1)47-51-48(35-30-29-32-15-4-5-18-34(32)31-35)53-49(52-47)40-22-7-6-19-36(40)39-24-14-28-45-46(39)41-23-10-13-27-44(41)50(45)42-25-11-8-20-37(42)38-21-9-12-26-43(38)50/h2,4-31H,1,3H2. The molecule has 8 aromatic rings. The molecule has 3 aliphatic carbocycles. The lowest BCUT2D eigenvalue weighted by molar-refractivity contribution is 0.794. The lowest BCUT2D eigenvalue weighted by Gasteiger charge is -2.30. The molecule has 7 aromatic carbocycles. The highest BCUT2D eigenvalue weighted by molar-refractivity contribution is 6.01. The van der Waals surface area contributed by atoms with E-state index in [0.717, 1.165) is 40.5 Å². The van der Waals surface area contributed by atoms with Crippen LogP contribution in [0.1, 0.15) is 40.9 Å². The lowest BCUT2D eigenvalue weighted by atomic mass is 9.70. The lowest BCUT2D eigenvalue weighted by Crippen LogP contribution is -2.25. The van der Waals surface area contributed by atoms with E-state index in [2.05, 4.69) is 176 Å². The maximum absolute atomic E-state index is 5.26. The van der Waals surface area contributed by atoms with Crippen molar-refractivity contribution in [2.24, 2.45) is 0 Å². The van der Waals surface area contributed by atoms with Gasteiger partial charge in [0.1, 0.15) is 0 Å². The summed E-state index contributed by atoms with van der Waals surface area (Å²) in [6.45, 7) is 0. The Hall–Kier alpha value is -6.71. The summed E-state index contributed by atoms with van der Waals surface area (Å²) in [7, 11) is 0. The smallest absolute Gasteiger partial charge is 0.164 e. The third-order valence-corrected chi connectivity index (χ3v) is 11.4. The molecule has 0 saturated heterocycles. The van der Waals surface area contributed by atoms with Gasteiger partial charge in [-0.05, 0) is 85.3 Å². The molecule has 0 N–H and O–H groups in total. The van der Waals surface area contributed by atoms with Crippen LogP contribution in [0.25, 0.3) is 72.5 Å². The van der Waals surface area contributed by atoms with Gasteiger partial charge in [-0.15, -0.1) is 0 Å². The maximum atomic E-state index is 5.26. The molecule has 0 bridgehead atoms. The summed E-state index contributed by atoms with van der Waals surface area (Å²) in [4.78, 5) is 15.6. The predicted molar refractivity (Wildman–Crippen MR) is 216 cm³/mol. The first-order valence-electron chi connectivity index (χ1n) is 18.4. The van der Waals surface area contributed by atoms with Crippen molar-refractivity contribution in [3.63, 3.8) is 0 Å². The SMILES string of the molecule is C1=CC(c2nc(-c3ccc4ccccc4c3)nc(-c3ccccc3-c3cccc4c3-c3ccccc3C43c4ccccc4-c4ccccc43)n2)=CCC1. The van der Waals surface area contributed by atoms with Crippen molar-refractivity contribution >= 4 is 16.3 Å². The second kappa shape index (κ2) is 11.7. The van der Waals surface area contributed by atoms with Gasteiger partial charge in [0.05, 0.1) is 5.41 Å². The Morgan fingerprint density at radius 1 is 0.396 bits per heavy atom. The highest BCUT2D eigenvalue weighted by Gasteiger charge is 2.52.